The van der Waals surface area contributed by atoms with Crippen LogP contribution in [0.25, 0.3) is 0 Å². The molecule has 0 fully saturated rings. The van der Waals surface area contributed by atoms with Crippen LogP contribution in [0.15, 0.2) is 0 Å². The number of alkyl halides is 12. The average molecular weight is 360 g/mol. The Bertz CT molecular complexity index is 458. The van der Waals surface area contributed by atoms with Crippen molar-refractivity contribution >= 4 is 11.8 Å². The van der Waals surface area contributed by atoms with Crippen LogP contribution in [-0.4, -0.2) is 42.1 Å². The zero-order valence-electron chi connectivity index (χ0n) is 9.26. The Morgan fingerprint density at radius 1 is 0.636 bits per heavy atom. The van der Waals surface area contributed by atoms with Crippen LogP contribution in [0.5, 0.6) is 0 Å². The molecule has 0 aliphatic rings. The normalized spacial score (nSPS) is 14.7. The van der Waals surface area contributed by atoms with Crippen molar-refractivity contribution in [3.63, 3.8) is 0 Å². The third-order valence-corrected chi connectivity index (χ3v) is 1.78. The summed E-state index contributed by atoms with van der Waals surface area (Å²) >= 11 is 0. The third kappa shape index (κ3) is 3.37. The molecule has 0 aromatic heterocycles. The van der Waals surface area contributed by atoms with Crippen LogP contribution in [0.1, 0.15) is 0 Å². The zero-order chi connectivity index (χ0) is 18.4. The molecule has 0 aliphatic heterocycles. The minimum absolute atomic E-state index is 1.90. The molecule has 0 spiro atoms. The molecule has 0 radical (unpaired) electrons. The number of ether oxygens (including phenoxy) is 1. The average Bonchev–Trinajstić information content (AvgIpc) is 2.23. The molecule has 0 saturated carbocycles. The van der Waals surface area contributed by atoms with Crippen LogP contribution in [0.3, 0.4) is 0 Å². The summed E-state index contributed by atoms with van der Waals surface area (Å²) in [5, 5.41) is 0. The van der Waals surface area contributed by atoms with Gasteiger partial charge in [-0.1, -0.05) is 0 Å². The van der Waals surface area contributed by atoms with E-state index >= 15 is 0 Å². The van der Waals surface area contributed by atoms with Gasteiger partial charge in [-0.25, -0.2) is 4.79 Å². The first kappa shape index (κ1) is 20.3. The lowest BCUT2D eigenvalue weighted by atomic mass is 10.1. The molecule has 0 saturated heterocycles. The molecule has 0 unspecified atom stereocenters. The standard InChI is InChI=1S/C7F12O3/c8-3(9,10)1(20)2(21)22-7(18,19)5(13,14)4(11,12)6(15,16)17. The van der Waals surface area contributed by atoms with Crippen molar-refractivity contribution in [2.75, 3.05) is 0 Å². The highest BCUT2D eigenvalue weighted by Gasteiger charge is 2.84. The molecule has 22 heavy (non-hydrogen) atoms. The Hall–Kier alpha value is -1.70. The summed E-state index contributed by atoms with van der Waals surface area (Å²) in [7, 11) is 0. The van der Waals surface area contributed by atoms with Crippen LogP contribution in [-0.2, 0) is 14.3 Å². The number of hydrogen-bond acceptors (Lipinski definition) is 3. The van der Waals surface area contributed by atoms with Crippen LogP contribution >= 0.6 is 0 Å². The van der Waals surface area contributed by atoms with Crippen molar-refractivity contribution in [1.82, 2.24) is 0 Å². The number of Topliss-reactive ketones (excluding diaryl/α,β-unsaturated/α-hetero) is 1. The minimum atomic E-state index is -7.49. The van der Waals surface area contributed by atoms with Gasteiger partial charge in [0.2, 0.25) is 0 Å². The second-order valence-corrected chi connectivity index (χ2v) is 3.38. The van der Waals surface area contributed by atoms with Gasteiger partial charge in [0.15, 0.2) is 0 Å². The first-order valence-corrected chi connectivity index (χ1v) is 4.33. The summed E-state index contributed by atoms with van der Waals surface area (Å²) in [5.74, 6) is -22.6. The lowest BCUT2D eigenvalue weighted by Crippen LogP contribution is -2.62. The molecule has 0 heterocycles. The Balaban J connectivity index is 5.57. The van der Waals surface area contributed by atoms with Gasteiger partial charge in [-0.15, -0.1) is 0 Å². The van der Waals surface area contributed by atoms with Crippen LogP contribution in [0, 0.1) is 0 Å². The minimum Gasteiger partial charge on any atom is -0.390 e. The van der Waals surface area contributed by atoms with E-state index in [-0.39, 0.29) is 0 Å². The van der Waals surface area contributed by atoms with Gasteiger partial charge >= 0.3 is 42.1 Å². The fourth-order valence-corrected chi connectivity index (χ4v) is 0.703. The highest BCUT2D eigenvalue weighted by Crippen LogP contribution is 2.53. The lowest BCUT2D eigenvalue weighted by molar-refractivity contribution is -0.434. The van der Waals surface area contributed by atoms with Crippen LogP contribution in [0.2, 0.25) is 0 Å². The second kappa shape index (κ2) is 5.19. The number of carbonyl (C=O) groups excluding carboxylic acids is 2. The van der Waals surface area contributed by atoms with Gasteiger partial charge in [-0.3, -0.25) is 4.79 Å². The van der Waals surface area contributed by atoms with Gasteiger partial charge in [0.05, 0.1) is 0 Å². The molecule has 0 amide bonds. The number of carbonyl (C=O) groups is 2. The molecule has 0 bridgehead atoms. The zero-order valence-corrected chi connectivity index (χ0v) is 9.26. The van der Waals surface area contributed by atoms with Gasteiger partial charge in [0.25, 0.3) is 0 Å². The third-order valence-electron chi connectivity index (χ3n) is 1.78. The van der Waals surface area contributed by atoms with Crippen molar-refractivity contribution in [2.45, 2.75) is 30.3 Å². The van der Waals surface area contributed by atoms with E-state index in [0.717, 1.165) is 0 Å². The number of halogens is 12. The van der Waals surface area contributed by atoms with Gasteiger partial charge in [0.1, 0.15) is 0 Å². The van der Waals surface area contributed by atoms with E-state index in [1.54, 1.807) is 0 Å². The monoisotopic (exact) mass is 360 g/mol. The number of rotatable bonds is 4. The first-order valence-electron chi connectivity index (χ1n) is 4.33. The summed E-state index contributed by atoms with van der Waals surface area (Å²) in [6, 6.07) is 0. The Morgan fingerprint density at radius 3 is 1.27 bits per heavy atom. The Kier molecular flexibility index (Phi) is 4.79. The molecule has 0 aromatic rings. The predicted molar refractivity (Wildman–Crippen MR) is 38.0 cm³/mol. The molecule has 0 atom stereocenters. The van der Waals surface area contributed by atoms with Crippen molar-refractivity contribution < 1.29 is 67.0 Å². The summed E-state index contributed by atoms with van der Waals surface area (Å²) in [4.78, 5) is 20.2. The molecule has 3 nitrogen and oxygen atoms in total. The fourth-order valence-electron chi connectivity index (χ4n) is 0.703. The van der Waals surface area contributed by atoms with Gasteiger partial charge in [-0.2, -0.15) is 52.7 Å². The molecule has 0 aromatic carbocycles. The van der Waals surface area contributed by atoms with E-state index in [9.17, 15) is 62.3 Å². The first-order chi connectivity index (χ1) is 9.29. The van der Waals surface area contributed by atoms with Crippen molar-refractivity contribution in [3.8, 4) is 0 Å². The summed E-state index contributed by atoms with van der Waals surface area (Å²) in [6.07, 6.45) is -20.5. The van der Waals surface area contributed by atoms with E-state index in [0.29, 0.717) is 0 Å². The van der Waals surface area contributed by atoms with Gasteiger partial charge < -0.3 is 4.74 Å². The van der Waals surface area contributed by atoms with Crippen LogP contribution in [0.4, 0.5) is 52.7 Å². The molecule has 0 aliphatic carbocycles. The Labute approximate surface area is 110 Å². The van der Waals surface area contributed by atoms with E-state index in [1.807, 2.05) is 4.74 Å². The van der Waals surface area contributed by atoms with E-state index in [2.05, 4.69) is 0 Å². The predicted octanol–water partition coefficient (Wildman–Crippen LogP) is 3.09. The SMILES string of the molecule is O=C(OC(F)(F)C(F)(F)C(F)(F)C(F)(F)F)C(=O)C(F)(F)F. The van der Waals surface area contributed by atoms with Crippen molar-refractivity contribution in [1.29, 1.82) is 0 Å². The Morgan fingerprint density at radius 2 is 1.00 bits per heavy atom. The molecule has 15 heteroatoms. The number of esters is 1. The summed E-state index contributed by atoms with van der Waals surface area (Å²) < 4.78 is 146. The maximum atomic E-state index is 12.5. The van der Waals surface area contributed by atoms with E-state index < -0.39 is 42.1 Å². The number of ketones is 1. The molecular weight excluding hydrogens is 360 g/mol. The summed E-state index contributed by atoms with van der Waals surface area (Å²) in [6.45, 7) is 0. The number of hydrogen-bond donors (Lipinski definition) is 0. The van der Waals surface area contributed by atoms with Gasteiger partial charge in [-0.05, 0) is 0 Å². The smallest absolute Gasteiger partial charge is 0.390 e. The lowest BCUT2D eigenvalue weighted by Gasteiger charge is -2.32. The molecule has 130 valence electrons. The highest BCUT2D eigenvalue weighted by atomic mass is 19.4. The molecule has 0 N–H and O–H groups in total. The largest absolute Gasteiger partial charge is 0.473 e. The highest BCUT2D eigenvalue weighted by molar-refractivity contribution is 6.35. The second-order valence-electron chi connectivity index (χ2n) is 3.38. The molecular formula is C7F12O3. The van der Waals surface area contributed by atoms with E-state index in [1.165, 1.54) is 0 Å². The topological polar surface area (TPSA) is 43.4 Å². The quantitative estimate of drug-likeness (QED) is 0.440. The van der Waals surface area contributed by atoms with E-state index in [4.69, 9.17) is 0 Å². The van der Waals surface area contributed by atoms with Crippen molar-refractivity contribution in [3.05, 3.63) is 0 Å². The van der Waals surface area contributed by atoms with Crippen LogP contribution < -0.4 is 0 Å². The van der Waals surface area contributed by atoms with Crippen molar-refractivity contribution in [2.24, 2.45) is 0 Å². The van der Waals surface area contributed by atoms with Gasteiger partial charge in [0, 0.05) is 0 Å². The fraction of sp³-hybridized carbons (Fsp3) is 0.714. The maximum absolute atomic E-state index is 12.5. The summed E-state index contributed by atoms with van der Waals surface area (Å²) in [5.41, 5.74) is 0. The molecule has 0 rings (SSSR count). The maximum Gasteiger partial charge on any atom is 0.473 e.